The highest BCUT2D eigenvalue weighted by Gasteiger charge is 2.31. The van der Waals surface area contributed by atoms with E-state index in [1.807, 2.05) is 6.08 Å². The molecular weight excluding hydrogens is 363 g/mol. The van der Waals surface area contributed by atoms with E-state index in [2.05, 4.69) is 11.9 Å². The number of carbonyl (C=O) groups is 2. The average Bonchev–Trinajstić information content (AvgIpc) is 2.62. The maximum Gasteiger partial charge on any atom is 0.416 e. The van der Waals surface area contributed by atoms with Gasteiger partial charge in [-0.15, -0.1) is 6.58 Å². The van der Waals surface area contributed by atoms with E-state index < -0.39 is 35.8 Å². The molecule has 0 aliphatic heterocycles. The van der Waals surface area contributed by atoms with Crippen LogP contribution in [0.1, 0.15) is 55.8 Å². The van der Waals surface area contributed by atoms with Crippen LogP contribution in [0.3, 0.4) is 0 Å². The summed E-state index contributed by atoms with van der Waals surface area (Å²) in [7, 11) is 0. The summed E-state index contributed by atoms with van der Waals surface area (Å²) in [5, 5.41) is 21.4. The highest BCUT2D eigenvalue weighted by Crippen LogP contribution is 2.30. The second-order valence-corrected chi connectivity index (χ2v) is 6.20. The summed E-state index contributed by atoms with van der Waals surface area (Å²) in [5.41, 5.74) is -0.951. The number of benzene rings is 1. The first kappa shape index (κ1) is 22.7. The summed E-state index contributed by atoms with van der Waals surface area (Å²) in [6.07, 6.45) is -0.107. The molecule has 0 saturated carbocycles. The van der Waals surface area contributed by atoms with Gasteiger partial charge in [-0.1, -0.05) is 37.5 Å². The van der Waals surface area contributed by atoms with Crippen molar-refractivity contribution in [3.05, 3.63) is 48.0 Å². The summed E-state index contributed by atoms with van der Waals surface area (Å²) in [6, 6.07) is 2.32. The predicted molar refractivity (Wildman–Crippen MR) is 93.9 cm³/mol. The average molecular weight is 387 g/mol. The molecule has 150 valence electrons. The van der Waals surface area contributed by atoms with Crippen molar-refractivity contribution in [1.82, 2.24) is 5.32 Å². The number of unbranched alkanes of at least 4 members (excludes halogenated alkanes) is 4. The molecule has 0 spiro atoms. The molecule has 0 fully saturated rings. The number of alkyl halides is 3. The molecular formula is C19H24F3NO4. The van der Waals surface area contributed by atoms with Gasteiger partial charge in [0.1, 0.15) is 6.04 Å². The number of aliphatic hydroxyl groups is 1. The lowest BCUT2D eigenvalue weighted by Crippen LogP contribution is -2.43. The van der Waals surface area contributed by atoms with Crippen LogP contribution in [0.15, 0.2) is 36.9 Å². The van der Waals surface area contributed by atoms with Crippen LogP contribution in [0.25, 0.3) is 0 Å². The number of carboxylic acid groups (broad SMARTS) is 1. The Balaban J connectivity index is 2.59. The standard InChI is InChI=1S/C19H24F3NO4/c1-2-3-4-5-6-7-8-15(18(26)27)23-17(25)16(24)13-9-11-14(12-10-13)19(20,21)22/h2,9-12,15-16,24H,1,3-8H2,(H,23,25)(H,26,27)/t15-,16+/m0/s1. The van der Waals surface area contributed by atoms with E-state index in [4.69, 9.17) is 0 Å². The first-order valence-electron chi connectivity index (χ1n) is 8.66. The van der Waals surface area contributed by atoms with Crippen molar-refractivity contribution < 1.29 is 33.0 Å². The van der Waals surface area contributed by atoms with Crippen molar-refractivity contribution >= 4 is 11.9 Å². The van der Waals surface area contributed by atoms with Gasteiger partial charge in [-0.3, -0.25) is 4.79 Å². The molecule has 1 aromatic rings. The van der Waals surface area contributed by atoms with Gasteiger partial charge < -0.3 is 15.5 Å². The number of amides is 1. The zero-order valence-corrected chi connectivity index (χ0v) is 14.8. The van der Waals surface area contributed by atoms with Gasteiger partial charge in [0.2, 0.25) is 0 Å². The lowest BCUT2D eigenvalue weighted by molar-refractivity contribution is -0.143. The van der Waals surface area contributed by atoms with Crippen molar-refractivity contribution in [3.63, 3.8) is 0 Å². The van der Waals surface area contributed by atoms with Crippen LogP contribution >= 0.6 is 0 Å². The lowest BCUT2D eigenvalue weighted by atomic mass is 10.0. The quantitative estimate of drug-likeness (QED) is 0.398. The molecule has 0 aliphatic rings. The molecule has 27 heavy (non-hydrogen) atoms. The van der Waals surface area contributed by atoms with Gasteiger partial charge in [-0.25, -0.2) is 4.79 Å². The Hall–Kier alpha value is -2.35. The van der Waals surface area contributed by atoms with E-state index in [-0.39, 0.29) is 12.0 Å². The minimum absolute atomic E-state index is 0.0472. The Bertz CT molecular complexity index is 629. The highest BCUT2D eigenvalue weighted by molar-refractivity contribution is 5.86. The van der Waals surface area contributed by atoms with Crippen molar-refractivity contribution in [1.29, 1.82) is 0 Å². The van der Waals surface area contributed by atoms with E-state index in [0.29, 0.717) is 6.42 Å². The number of allylic oxidation sites excluding steroid dienone is 1. The number of carbonyl (C=O) groups excluding carboxylic acids is 1. The topological polar surface area (TPSA) is 86.6 Å². The molecule has 0 aromatic heterocycles. The SMILES string of the molecule is C=CCCCCCC[C@H](NC(=O)[C@H](O)c1ccc(C(F)(F)F)cc1)C(=O)O. The summed E-state index contributed by atoms with van der Waals surface area (Å²) in [5.74, 6) is -2.19. The van der Waals surface area contributed by atoms with E-state index in [0.717, 1.165) is 49.9 Å². The van der Waals surface area contributed by atoms with Crippen LogP contribution in [0.4, 0.5) is 13.2 Å². The van der Waals surface area contributed by atoms with Crippen LogP contribution in [-0.4, -0.2) is 28.1 Å². The molecule has 8 heteroatoms. The number of nitrogens with one attached hydrogen (secondary N) is 1. The van der Waals surface area contributed by atoms with E-state index in [9.17, 15) is 33.0 Å². The Morgan fingerprint density at radius 2 is 1.70 bits per heavy atom. The molecule has 0 saturated heterocycles. The van der Waals surface area contributed by atoms with Gasteiger partial charge in [0.15, 0.2) is 6.10 Å². The van der Waals surface area contributed by atoms with Crippen LogP contribution in [-0.2, 0) is 15.8 Å². The van der Waals surface area contributed by atoms with Crippen LogP contribution in [0, 0.1) is 0 Å². The fourth-order valence-electron chi connectivity index (χ4n) is 2.50. The van der Waals surface area contributed by atoms with Crippen LogP contribution in [0.2, 0.25) is 0 Å². The fourth-order valence-corrected chi connectivity index (χ4v) is 2.50. The third-order valence-electron chi connectivity index (χ3n) is 4.07. The normalized spacial score (nSPS) is 13.6. The fraction of sp³-hybridized carbons (Fsp3) is 0.474. The van der Waals surface area contributed by atoms with Crippen molar-refractivity contribution in [2.45, 2.75) is 56.8 Å². The summed E-state index contributed by atoms with van der Waals surface area (Å²) in [4.78, 5) is 23.3. The molecule has 1 aromatic carbocycles. The van der Waals surface area contributed by atoms with E-state index in [1.54, 1.807) is 0 Å². The monoisotopic (exact) mass is 387 g/mol. The molecule has 5 nitrogen and oxygen atoms in total. The Morgan fingerprint density at radius 3 is 2.22 bits per heavy atom. The molecule has 2 atom stereocenters. The minimum atomic E-state index is -4.52. The second kappa shape index (κ2) is 10.7. The number of hydrogen-bond donors (Lipinski definition) is 3. The molecule has 0 aliphatic carbocycles. The smallest absolute Gasteiger partial charge is 0.416 e. The van der Waals surface area contributed by atoms with Crippen molar-refractivity contribution in [2.75, 3.05) is 0 Å². The number of hydrogen-bond acceptors (Lipinski definition) is 3. The molecule has 0 bridgehead atoms. The molecule has 1 rings (SSSR count). The summed E-state index contributed by atoms with van der Waals surface area (Å²) >= 11 is 0. The molecule has 0 radical (unpaired) electrons. The largest absolute Gasteiger partial charge is 0.480 e. The first-order valence-corrected chi connectivity index (χ1v) is 8.66. The van der Waals surface area contributed by atoms with Crippen molar-refractivity contribution in [2.24, 2.45) is 0 Å². The molecule has 1 amide bonds. The number of aliphatic hydroxyl groups excluding tert-OH is 1. The molecule has 3 N–H and O–H groups in total. The van der Waals surface area contributed by atoms with Gasteiger partial charge >= 0.3 is 12.1 Å². The third-order valence-corrected chi connectivity index (χ3v) is 4.07. The van der Waals surface area contributed by atoms with E-state index >= 15 is 0 Å². The summed E-state index contributed by atoms with van der Waals surface area (Å²) < 4.78 is 37.6. The Kier molecular flexibility index (Phi) is 9.00. The molecule has 0 unspecified atom stereocenters. The summed E-state index contributed by atoms with van der Waals surface area (Å²) in [6.45, 7) is 3.62. The van der Waals surface area contributed by atoms with E-state index in [1.165, 1.54) is 0 Å². The lowest BCUT2D eigenvalue weighted by Gasteiger charge is -2.18. The van der Waals surface area contributed by atoms with Gasteiger partial charge in [-0.05, 0) is 37.0 Å². The third kappa shape index (κ3) is 7.82. The van der Waals surface area contributed by atoms with Gasteiger partial charge in [0.05, 0.1) is 5.56 Å². The highest BCUT2D eigenvalue weighted by atomic mass is 19.4. The van der Waals surface area contributed by atoms with Gasteiger partial charge in [0.25, 0.3) is 5.91 Å². The van der Waals surface area contributed by atoms with Gasteiger partial charge in [0, 0.05) is 0 Å². The second-order valence-electron chi connectivity index (χ2n) is 6.20. The number of rotatable bonds is 11. The maximum absolute atomic E-state index is 12.5. The molecule has 0 heterocycles. The number of halogens is 3. The number of carboxylic acids is 1. The minimum Gasteiger partial charge on any atom is -0.480 e. The maximum atomic E-state index is 12.5. The van der Waals surface area contributed by atoms with Crippen LogP contribution < -0.4 is 5.32 Å². The first-order chi connectivity index (χ1) is 12.7. The zero-order valence-electron chi connectivity index (χ0n) is 14.8. The number of aliphatic carboxylic acids is 1. The van der Waals surface area contributed by atoms with Gasteiger partial charge in [-0.2, -0.15) is 13.2 Å². The Morgan fingerprint density at radius 1 is 1.11 bits per heavy atom. The zero-order chi connectivity index (χ0) is 20.4. The Labute approximate surface area is 155 Å². The predicted octanol–water partition coefficient (Wildman–Crippen LogP) is 3.83. The van der Waals surface area contributed by atoms with Crippen molar-refractivity contribution in [3.8, 4) is 0 Å². The van der Waals surface area contributed by atoms with Crippen LogP contribution in [0.5, 0.6) is 0 Å².